The van der Waals surface area contributed by atoms with E-state index in [4.69, 9.17) is 0 Å². The van der Waals surface area contributed by atoms with Gasteiger partial charge in [-0.3, -0.25) is 4.79 Å². The largest absolute Gasteiger partial charge is 0.357 e. The number of nitrogens with one attached hydrogen (secondary N) is 1. The van der Waals surface area contributed by atoms with E-state index < -0.39 is 16.1 Å². The van der Waals surface area contributed by atoms with Crippen LogP contribution in [0.3, 0.4) is 0 Å². The van der Waals surface area contributed by atoms with Crippen LogP contribution in [0.15, 0.2) is 47.5 Å². The number of nitrogens with zero attached hydrogens (tertiary/aromatic N) is 3. The van der Waals surface area contributed by atoms with Crippen molar-refractivity contribution >= 4 is 27.4 Å². The van der Waals surface area contributed by atoms with E-state index in [9.17, 15) is 13.2 Å². The number of sulfonamides is 1. The van der Waals surface area contributed by atoms with Gasteiger partial charge in [-0.25, -0.2) is 13.4 Å². The zero-order valence-electron chi connectivity index (χ0n) is 17.3. The molecule has 1 atom stereocenters. The molecule has 2 aliphatic rings. The maximum absolute atomic E-state index is 13.1. The first kappa shape index (κ1) is 20.8. The number of aryl methyl sites for hydroxylation is 1. The number of carbonyl (C=O) groups excluding carboxylic acids is 1. The molecule has 0 spiro atoms. The lowest BCUT2D eigenvalue weighted by atomic mass is 10.1. The van der Waals surface area contributed by atoms with Crippen LogP contribution in [-0.4, -0.2) is 49.3 Å². The highest BCUT2D eigenvalue weighted by molar-refractivity contribution is 7.89. The van der Waals surface area contributed by atoms with Crippen molar-refractivity contribution in [3.63, 3.8) is 0 Å². The fraction of sp³-hybridized carbons (Fsp3) is 0.455. The lowest BCUT2D eigenvalue weighted by Crippen LogP contribution is -2.43. The third-order valence-electron chi connectivity index (χ3n) is 5.83. The van der Waals surface area contributed by atoms with Crippen LogP contribution in [-0.2, 0) is 14.8 Å². The average molecular weight is 429 g/mol. The predicted octanol–water partition coefficient (Wildman–Crippen LogP) is 3.17. The van der Waals surface area contributed by atoms with Crippen LogP contribution in [0, 0.1) is 6.92 Å². The van der Waals surface area contributed by atoms with Gasteiger partial charge in [-0.1, -0.05) is 17.7 Å². The van der Waals surface area contributed by atoms with Gasteiger partial charge in [0.2, 0.25) is 15.9 Å². The van der Waals surface area contributed by atoms with Crippen molar-refractivity contribution in [2.75, 3.05) is 29.9 Å². The van der Waals surface area contributed by atoms with E-state index in [0.717, 1.165) is 24.5 Å². The summed E-state index contributed by atoms with van der Waals surface area (Å²) in [4.78, 5) is 19.8. The van der Waals surface area contributed by atoms with Crippen LogP contribution in [0.2, 0.25) is 0 Å². The molecular formula is C22H28N4O3S. The van der Waals surface area contributed by atoms with Crippen molar-refractivity contribution in [1.82, 2.24) is 9.29 Å². The Morgan fingerprint density at radius 3 is 2.40 bits per heavy atom. The number of amides is 1. The zero-order valence-corrected chi connectivity index (χ0v) is 18.1. The molecule has 0 unspecified atom stereocenters. The smallest absolute Gasteiger partial charge is 0.243 e. The molecule has 1 aromatic carbocycles. The van der Waals surface area contributed by atoms with Gasteiger partial charge in [0.05, 0.1) is 16.8 Å². The number of carbonyl (C=O) groups is 1. The number of hydrogen-bond donors (Lipinski definition) is 1. The van der Waals surface area contributed by atoms with E-state index in [2.05, 4.69) is 15.2 Å². The molecule has 2 fully saturated rings. The molecule has 8 heteroatoms. The minimum absolute atomic E-state index is 0.223. The summed E-state index contributed by atoms with van der Waals surface area (Å²) >= 11 is 0. The summed E-state index contributed by atoms with van der Waals surface area (Å²) in [6.07, 6.45) is 6.43. The Kier molecular flexibility index (Phi) is 6.06. The van der Waals surface area contributed by atoms with Crippen LogP contribution in [0.5, 0.6) is 0 Å². The van der Waals surface area contributed by atoms with Crippen molar-refractivity contribution < 1.29 is 13.2 Å². The molecule has 30 heavy (non-hydrogen) atoms. The van der Waals surface area contributed by atoms with Gasteiger partial charge in [-0.2, -0.15) is 4.31 Å². The van der Waals surface area contributed by atoms with Crippen LogP contribution in [0.25, 0.3) is 0 Å². The molecule has 7 nitrogen and oxygen atoms in total. The molecule has 2 aromatic rings. The molecule has 0 radical (unpaired) electrons. The summed E-state index contributed by atoms with van der Waals surface area (Å²) in [5, 5.41) is 2.85. The lowest BCUT2D eigenvalue weighted by molar-refractivity contribution is -0.119. The third-order valence-corrected chi connectivity index (χ3v) is 7.75. The fourth-order valence-corrected chi connectivity index (χ4v) is 5.79. The molecular weight excluding hydrogens is 400 g/mol. The molecule has 1 N–H and O–H groups in total. The number of hydrogen-bond acceptors (Lipinski definition) is 5. The van der Waals surface area contributed by atoms with Crippen LogP contribution in [0.4, 0.5) is 11.5 Å². The SMILES string of the molecule is Cc1ccc(S(=O)(=O)N2CCC[C@H]2C(=O)Nc2ccc(N3CCCCC3)nc2)cc1. The number of aromatic nitrogens is 1. The standard InChI is InChI=1S/C22H28N4O3S/c1-17-7-10-19(11-8-17)30(28,29)26-15-5-6-20(26)22(27)24-18-9-12-21(23-16-18)25-13-3-2-4-14-25/h7-12,16,20H,2-6,13-15H2,1H3,(H,24,27)/t20-/m0/s1. The first-order chi connectivity index (χ1) is 14.4. The molecule has 160 valence electrons. The fourth-order valence-electron chi connectivity index (χ4n) is 4.13. The van der Waals surface area contributed by atoms with Gasteiger partial charge in [-0.15, -0.1) is 0 Å². The van der Waals surface area contributed by atoms with Crippen molar-refractivity contribution in [3.05, 3.63) is 48.2 Å². The summed E-state index contributed by atoms with van der Waals surface area (Å²) in [5.41, 5.74) is 1.57. The Labute approximate surface area is 178 Å². The Bertz CT molecular complexity index is 984. The molecule has 1 aromatic heterocycles. The average Bonchev–Trinajstić information content (AvgIpc) is 3.26. The summed E-state index contributed by atoms with van der Waals surface area (Å²) in [6.45, 7) is 4.27. The molecule has 2 saturated heterocycles. The van der Waals surface area contributed by atoms with Gasteiger partial charge in [0.15, 0.2) is 0 Å². The second kappa shape index (κ2) is 8.73. The van der Waals surface area contributed by atoms with Crippen LogP contribution in [0.1, 0.15) is 37.7 Å². The normalized spacial score (nSPS) is 20.3. The summed E-state index contributed by atoms with van der Waals surface area (Å²) in [7, 11) is -3.71. The van der Waals surface area contributed by atoms with Gasteiger partial charge in [0, 0.05) is 19.6 Å². The Morgan fingerprint density at radius 2 is 1.73 bits per heavy atom. The number of pyridine rings is 1. The van der Waals surface area contributed by atoms with Gasteiger partial charge >= 0.3 is 0 Å². The lowest BCUT2D eigenvalue weighted by Gasteiger charge is -2.27. The van der Waals surface area contributed by atoms with E-state index in [-0.39, 0.29) is 10.8 Å². The van der Waals surface area contributed by atoms with Crippen molar-refractivity contribution in [3.8, 4) is 0 Å². The zero-order chi connectivity index (χ0) is 21.1. The molecule has 4 rings (SSSR count). The van der Waals surface area contributed by atoms with Crippen LogP contribution >= 0.6 is 0 Å². The van der Waals surface area contributed by atoms with Gasteiger partial charge < -0.3 is 10.2 Å². The molecule has 0 aliphatic carbocycles. The second-order valence-electron chi connectivity index (χ2n) is 8.03. The van der Waals surface area contributed by atoms with E-state index in [1.807, 2.05) is 19.1 Å². The first-order valence-corrected chi connectivity index (χ1v) is 12.0. The quantitative estimate of drug-likeness (QED) is 0.791. The monoisotopic (exact) mass is 428 g/mol. The predicted molar refractivity (Wildman–Crippen MR) is 117 cm³/mol. The van der Waals surface area contributed by atoms with Gasteiger partial charge in [-0.05, 0) is 63.3 Å². The second-order valence-corrected chi connectivity index (χ2v) is 9.92. The van der Waals surface area contributed by atoms with E-state index in [1.165, 1.54) is 23.6 Å². The van der Waals surface area contributed by atoms with Gasteiger partial charge in [0.25, 0.3) is 0 Å². The number of anilines is 2. The Morgan fingerprint density at radius 1 is 1.00 bits per heavy atom. The van der Waals surface area contributed by atoms with E-state index in [1.54, 1.807) is 30.5 Å². The first-order valence-electron chi connectivity index (χ1n) is 10.6. The molecule has 1 amide bonds. The number of piperidine rings is 1. The van der Waals surface area contributed by atoms with Crippen molar-refractivity contribution in [1.29, 1.82) is 0 Å². The molecule has 0 bridgehead atoms. The van der Waals surface area contributed by atoms with Crippen molar-refractivity contribution in [2.45, 2.75) is 50.0 Å². The molecule has 3 heterocycles. The summed E-state index contributed by atoms with van der Waals surface area (Å²) < 4.78 is 27.4. The summed E-state index contributed by atoms with van der Waals surface area (Å²) in [5.74, 6) is 0.604. The Hall–Kier alpha value is -2.45. The Balaban J connectivity index is 1.45. The maximum Gasteiger partial charge on any atom is 0.243 e. The maximum atomic E-state index is 13.1. The number of rotatable bonds is 5. The molecule has 2 aliphatic heterocycles. The summed E-state index contributed by atoms with van der Waals surface area (Å²) in [6, 6.07) is 9.78. The highest BCUT2D eigenvalue weighted by Gasteiger charge is 2.39. The third kappa shape index (κ3) is 4.34. The van der Waals surface area contributed by atoms with E-state index >= 15 is 0 Å². The van der Waals surface area contributed by atoms with E-state index in [0.29, 0.717) is 25.1 Å². The van der Waals surface area contributed by atoms with Crippen LogP contribution < -0.4 is 10.2 Å². The topological polar surface area (TPSA) is 82.6 Å². The number of benzene rings is 1. The highest BCUT2D eigenvalue weighted by atomic mass is 32.2. The highest BCUT2D eigenvalue weighted by Crippen LogP contribution is 2.27. The minimum Gasteiger partial charge on any atom is -0.357 e. The minimum atomic E-state index is -3.71. The van der Waals surface area contributed by atoms with Crippen molar-refractivity contribution in [2.24, 2.45) is 0 Å². The van der Waals surface area contributed by atoms with Gasteiger partial charge in [0.1, 0.15) is 11.9 Å². The molecule has 0 saturated carbocycles.